The lowest BCUT2D eigenvalue weighted by Crippen LogP contribution is -2.50. The average molecular weight is 463 g/mol. The van der Waals surface area contributed by atoms with Gasteiger partial charge in [-0.3, -0.25) is 29.0 Å². The third-order valence-corrected chi connectivity index (χ3v) is 6.69. The molecule has 0 aliphatic carbocycles. The van der Waals surface area contributed by atoms with Gasteiger partial charge in [0.1, 0.15) is 6.61 Å². The van der Waals surface area contributed by atoms with E-state index in [-0.39, 0.29) is 23.8 Å². The van der Waals surface area contributed by atoms with E-state index in [4.69, 9.17) is 4.74 Å². The Kier molecular flexibility index (Phi) is 6.08. The number of imide groups is 2. The van der Waals surface area contributed by atoms with Crippen LogP contribution in [0.2, 0.25) is 0 Å². The van der Waals surface area contributed by atoms with Crippen molar-refractivity contribution in [1.29, 1.82) is 0 Å². The Balaban J connectivity index is 1.84. The third-order valence-electron chi connectivity index (χ3n) is 6.69. The van der Waals surface area contributed by atoms with Gasteiger partial charge in [0.25, 0.3) is 23.6 Å². The fourth-order valence-corrected chi connectivity index (χ4v) is 4.84. The zero-order valence-corrected chi connectivity index (χ0v) is 19.4. The van der Waals surface area contributed by atoms with Gasteiger partial charge < -0.3 is 4.74 Å². The molecule has 8 nitrogen and oxygen atoms in total. The molecule has 0 saturated heterocycles. The molecule has 0 aromatic heterocycles. The molecule has 0 N–H and O–H groups in total. The molecule has 1 unspecified atom stereocenters. The number of hydrogen-bond donors (Lipinski definition) is 0. The van der Waals surface area contributed by atoms with Gasteiger partial charge in [-0.25, -0.2) is 4.79 Å². The van der Waals surface area contributed by atoms with Crippen molar-refractivity contribution in [3.8, 4) is 0 Å². The van der Waals surface area contributed by atoms with Crippen LogP contribution in [0, 0.1) is 0 Å². The van der Waals surface area contributed by atoms with Gasteiger partial charge in [-0.05, 0) is 43.5 Å². The zero-order chi connectivity index (χ0) is 24.7. The molecule has 0 saturated carbocycles. The summed E-state index contributed by atoms with van der Waals surface area (Å²) in [6, 6.07) is 5.27. The SMILES string of the molecule is C=CC(=O)OCC(CC)N1C(=O)c2ccc3c4c(ccc(c24)C1=O)C(=O)N(C(CC)CC)C3=O. The van der Waals surface area contributed by atoms with E-state index in [0.717, 1.165) is 11.0 Å². The maximum atomic E-state index is 13.4. The molecule has 2 heterocycles. The van der Waals surface area contributed by atoms with E-state index >= 15 is 0 Å². The number of amides is 4. The average Bonchev–Trinajstić information content (AvgIpc) is 2.85. The van der Waals surface area contributed by atoms with Gasteiger partial charge in [0.15, 0.2) is 0 Å². The Hall–Kier alpha value is -3.81. The molecule has 8 heteroatoms. The highest BCUT2D eigenvalue weighted by molar-refractivity contribution is 6.33. The van der Waals surface area contributed by atoms with Gasteiger partial charge >= 0.3 is 5.97 Å². The summed E-state index contributed by atoms with van der Waals surface area (Å²) in [7, 11) is 0. The summed E-state index contributed by atoms with van der Waals surface area (Å²) >= 11 is 0. The van der Waals surface area contributed by atoms with Crippen LogP contribution in [-0.4, -0.2) is 58.1 Å². The van der Waals surface area contributed by atoms with Gasteiger partial charge in [0.2, 0.25) is 0 Å². The second kappa shape index (κ2) is 8.85. The standard InChI is InChI=1S/C26H26N2O6/c1-5-14(6-2)27-23(30)16-9-11-18-22-19(12-10-17(21(16)22)24(27)31)26(33)28(25(18)32)15(7-3)13-34-20(29)8-4/h8-12,14-15H,4-7,13H2,1-3H3. The second-order valence-corrected chi connectivity index (χ2v) is 8.40. The minimum Gasteiger partial charge on any atom is -0.460 e. The Morgan fingerprint density at radius 3 is 1.44 bits per heavy atom. The summed E-state index contributed by atoms with van der Waals surface area (Å²) in [5.41, 5.74) is 1.09. The number of carbonyl (C=O) groups is 5. The molecule has 2 aliphatic rings. The minimum atomic E-state index is -0.673. The fourth-order valence-electron chi connectivity index (χ4n) is 4.84. The fraction of sp³-hybridized carbons (Fsp3) is 0.346. The quantitative estimate of drug-likeness (QED) is 0.337. The van der Waals surface area contributed by atoms with Crippen molar-refractivity contribution in [3.63, 3.8) is 0 Å². The highest BCUT2D eigenvalue weighted by atomic mass is 16.5. The summed E-state index contributed by atoms with van der Waals surface area (Å²) in [4.78, 5) is 67.5. The lowest BCUT2D eigenvalue weighted by molar-refractivity contribution is -0.139. The van der Waals surface area contributed by atoms with Crippen LogP contribution in [0.3, 0.4) is 0 Å². The van der Waals surface area contributed by atoms with Crippen molar-refractivity contribution in [1.82, 2.24) is 9.80 Å². The molecule has 2 aromatic carbocycles. The van der Waals surface area contributed by atoms with Gasteiger partial charge in [0.05, 0.1) is 6.04 Å². The van der Waals surface area contributed by atoms with E-state index in [1.807, 2.05) is 13.8 Å². The lowest BCUT2D eigenvalue weighted by atomic mass is 9.85. The molecule has 2 aliphatic heterocycles. The molecule has 0 fully saturated rings. The van der Waals surface area contributed by atoms with Crippen molar-refractivity contribution in [2.45, 2.75) is 52.1 Å². The molecule has 0 spiro atoms. The highest BCUT2D eigenvalue weighted by Gasteiger charge is 2.42. The molecular weight excluding hydrogens is 436 g/mol. The molecular formula is C26H26N2O6. The predicted octanol–water partition coefficient (Wildman–Crippen LogP) is 3.73. The van der Waals surface area contributed by atoms with E-state index in [2.05, 4.69) is 6.58 Å². The summed E-state index contributed by atoms with van der Waals surface area (Å²) in [6.45, 7) is 8.82. The van der Waals surface area contributed by atoms with Crippen LogP contribution in [0.25, 0.3) is 10.8 Å². The maximum absolute atomic E-state index is 13.4. The van der Waals surface area contributed by atoms with Gasteiger partial charge in [-0.1, -0.05) is 27.4 Å². The van der Waals surface area contributed by atoms with Crippen LogP contribution >= 0.6 is 0 Å². The summed E-state index contributed by atoms with van der Waals surface area (Å²) in [5, 5.41) is 0.671. The van der Waals surface area contributed by atoms with E-state index in [1.165, 1.54) is 17.0 Å². The second-order valence-electron chi connectivity index (χ2n) is 8.40. The van der Waals surface area contributed by atoms with Crippen molar-refractivity contribution >= 4 is 40.4 Å². The molecule has 1 atom stereocenters. The number of benzene rings is 2. The van der Waals surface area contributed by atoms with Gasteiger partial charge in [-0.15, -0.1) is 0 Å². The first-order valence-corrected chi connectivity index (χ1v) is 11.4. The van der Waals surface area contributed by atoms with Crippen molar-refractivity contribution in [2.24, 2.45) is 0 Å². The first-order valence-electron chi connectivity index (χ1n) is 11.4. The van der Waals surface area contributed by atoms with Crippen LogP contribution in [-0.2, 0) is 9.53 Å². The first kappa shape index (κ1) is 23.4. The largest absolute Gasteiger partial charge is 0.460 e. The van der Waals surface area contributed by atoms with Crippen molar-refractivity contribution in [2.75, 3.05) is 6.61 Å². The monoisotopic (exact) mass is 462 g/mol. The number of ether oxygens (including phenoxy) is 1. The van der Waals surface area contributed by atoms with Crippen molar-refractivity contribution < 1.29 is 28.7 Å². The van der Waals surface area contributed by atoms with E-state index < -0.39 is 35.6 Å². The number of hydrogen-bond acceptors (Lipinski definition) is 6. The Labute approximate surface area is 197 Å². The van der Waals surface area contributed by atoms with Gasteiger partial charge in [-0.2, -0.15) is 0 Å². The molecule has 0 bridgehead atoms. The number of rotatable bonds is 8. The zero-order valence-electron chi connectivity index (χ0n) is 19.4. The summed E-state index contributed by atoms with van der Waals surface area (Å²) in [5.74, 6) is -2.58. The number of carbonyl (C=O) groups excluding carboxylic acids is 5. The summed E-state index contributed by atoms with van der Waals surface area (Å²) < 4.78 is 5.11. The molecule has 34 heavy (non-hydrogen) atoms. The molecule has 4 amide bonds. The topological polar surface area (TPSA) is 101 Å². The first-order chi connectivity index (χ1) is 16.3. The highest BCUT2D eigenvalue weighted by Crippen LogP contribution is 2.39. The maximum Gasteiger partial charge on any atom is 0.330 e. The van der Waals surface area contributed by atoms with Crippen LogP contribution < -0.4 is 0 Å². The van der Waals surface area contributed by atoms with E-state index in [0.29, 0.717) is 41.2 Å². The molecule has 0 radical (unpaired) electrons. The van der Waals surface area contributed by atoms with E-state index in [1.54, 1.807) is 19.1 Å². The van der Waals surface area contributed by atoms with Crippen LogP contribution in [0.4, 0.5) is 0 Å². The van der Waals surface area contributed by atoms with Crippen molar-refractivity contribution in [3.05, 3.63) is 59.2 Å². The van der Waals surface area contributed by atoms with Crippen LogP contribution in [0.5, 0.6) is 0 Å². The smallest absolute Gasteiger partial charge is 0.330 e. The molecule has 4 rings (SSSR count). The van der Waals surface area contributed by atoms with E-state index in [9.17, 15) is 24.0 Å². The van der Waals surface area contributed by atoms with Gasteiger partial charge in [0, 0.05) is 45.1 Å². The van der Waals surface area contributed by atoms with Crippen LogP contribution in [0.1, 0.15) is 81.5 Å². The minimum absolute atomic E-state index is 0.158. The predicted molar refractivity (Wildman–Crippen MR) is 125 cm³/mol. The Bertz CT molecular complexity index is 1190. The Morgan fingerprint density at radius 1 is 0.765 bits per heavy atom. The summed E-state index contributed by atoms with van der Waals surface area (Å²) in [6.07, 6.45) is 2.65. The lowest BCUT2D eigenvalue weighted by Gasteiger charge is -2.36. The van der Waals surface area contributed by atoms with Crippen LogP contribution in [0.15, 0.2) is 36.9 Å². The third kappa shape index (κ3) is 3.32. The normalized spacial score (nSPS) is 15.9. The number of nitrogens with zero attached hydrogens (tertiary/aromatic N) is 2. The number of esters is 1. The Morgan fingerprint density at radius 2 is 1.12 bits per heavy atom. The molecule has 176 valence electrons. The molecule has 2 aromatic rings.